The number of aryl methyl sites for hydroxylation is 4. The molecule has 8 heteroatoms. The van der Waals surface area contributed by atoms with Gasteiger partial charge in [-0.3, -0.25) is 4.68 Å². The van der Waals surface area contributed by atoms with Crippen molar-refractivity contribution in [3.05, 3.63) is 29.4 Å². The molecule has 2 amide bonds. The SMILES string of the molecule is CCc1noc(C)c1NC(=O)Nc1cnc2c(c1)c(C)nn2C. The number of pyridine rings is 1. The van der Waals surface area contributed by atoms with Gasteiger partial charge in [-0.1, -0.05) is 12.1 Å². The van der Waals surface area contributed by atoms with Crippen molar-refractivity contribution >= 4 is 28.4 Å². The molecule has 0 fully saturated rings. The van der Waals surface area contributed by atoms with Crippen molar-refractivity contribution < 1.29 is 9.32 Å². The van der Waals surface area contributed by atoms with Crippen LogP contribution in [0.1, 0.15) is 24.1 Å². The highest BCUT2D eigenvalue weighted by Gasteiger charge is 2.15. The van der Waals surface area contributed by atoms with Crippen molar-refractivity contribution in [2.45, 2.75) is 27.2 Å². The van der Waals surface area contributed by atoms with Crippen LogP contribution in [0.4, 0.5) is 16.2 Å². The van der Waals surface area contributed by atoms with Crippen molar-refractivity contribution in [2.75, 3.05) is 10.6 Å². The molecule has 0 saturated carbocycles. The first-order valence-electron chi connectivity index (χ1n) is 7.32. The first-order valence-corrected chi connectivity index (χ1v) is 7.32. The minimum Gasteiger partial charge on any atom is -0.359 e. The van der Waals surface area contributed by atoms with Crippen LogP contribution < -0.4 is 10.6 Å². The van der Waals surface area contributed by atoms with E-state index in [1.165, 1.54) is 0 Å². The first-order chi connectivity index (χ1) is 11.0. The van der Waals surface area contributed by atoms with Crippen LogP contribution in [-0.2, 0) is 13.5 Å². The summed E-state index contributed by atoms with van der Waals surface area (Å²) in [6.07, 6.45) is 2.28. The number of carbonyl (C=O) groups is 1. The average molecular weight is 314 g/mol. The van der Waals surface area contributed by atoms with Gasteiger partial charge in [-0.2, -0.15) is 5.10 Å². The largest absolute Gasteiger partial charge is 0.359 e. The minimum absolute atomic E-state index is 0.367. The third-order valence-corrected chi connectivity index (χ3v) is 3.63. The molecule has 3 rings (SSSR count). The Balaban J connectivity index is 1.80. The zero-order chi connectivity index (χ0) is 16.6. The van der Waals surface area contributed by atoms with Crippen molar-refractivity contribution in [3.63, 3.8) is 0 Å². The lowest BCUT2D eigenvalue weighted by Crippen LogP contribution is -2.20. The molecule has 0 atom stereocenters. The normalized spacial score (nSPS) is 11.0. The van der Waals surface area contributed by atoms with Crippen LogP contribution in [0.3, 0.4) is 0 Å². The maximum atomic E-state index is 12.2. The van der Waals surface area contributed by atoms with Gasteiger partial charge in [-0.25, -0.2) is 9.78 Å². The fourth-order valence-corrected chi connectivity index (χ4v) is 2.47. The highest BCUT2D eigenvalue weighted by Crippen LogP contribution is 2.22. The fourth-order valence-electron chi connectivity index (χ4n) is 2.47. The van der Waals surface area contributed by atoms with Crippen LogP contribution in [0.25, 0.3) is 11.0 Å². The summed E-state index contributed by atoms with van der Waals surface area (Å²) in [6, 6.07) is 1.49. The molecule has 0 aliphatic rings. The lowest BCUT2D eigenvalue weighted by atomic mass is 10.2. The smallest absolute Gasteiger partial charge is 0.323 e. The summed E-state index contributed by atoms with van der Waals surface area (Å²) in [5.41, 5.74) is 3.56. The Bertz CT molecular complexity index is 880. The number of amides is 2. The van der Waals surface area contributed by atoms with Gasteiger partial charge in [-0.05, 0) is 26.3 Å². The van der Waals surface area contributed by atoms with E-state index in [0.717, 1.165) is 16.7 Å². The van der Waals surface area contributed by atoms with E-state index in [-0.39, 0.29) is 6.03 Å². The number of hydrogen-bond acceptors (Lipinski definition) is 5. The number of aromatic nitrogens is 4. The van der Waals surface area contributed by atoms with Gasteiger partial charge in [0.05, 0.1) is 17.6 Å². The average Bonchev–Trinajstić information content (AvgIpc) is 3.00. The van der Waals surface area contributed by atoms with E-state index in [2.05, 4.69) is 25.9 Å². The van der Waals surface area contributed by atoms with Crippen LogP contribution in [0.2, 0.25) is 0 Å². The van der Waals surface area contributed by atoms with Gasteiger partial charge in [0, 0.05) is 12.4 Å². The molecule has 0 aromatic carbocycles. The number of nitrogens with one attached hydrogen (secondary N) is 2. The van der Waals surface area contributed by atoms with Crippen LogP contribution in [-0.4, -0.2) is 26.0 Å². The van der Waals surface area contributed by atoms with E-state index in [4.69, 9.17) is 4.52 Å². The van der Waals surface area contributed by atoms with Gasteiger partial charge in [0.2, 0.25) is 0 Å². The molecular formula is C15H18N6O2. The van der Waals surface area contributed by atoms with Crippen LogP contribution in [0.5, 0.6) is 0 Å². The van der Waals surface area contributed by atoms with Gasteiger partial charge >= 0.3 is 6.03 Å². The molecule has 0 radical (unpaired) electrons. The number of rotatable bonds is 3. The third-order valence-electron chi connectivity index (χ3n) is 3.63. The van der Waals surface area contributed by atoms with Gasteiger partial charge in [0.1, 0.15) is 11.4 Å². The summed E-state index contributed by atoms with van der Waals surface area (Å²) in [6.45, 7) is 5.61. The Morgan fingerprint density at radius 2 is 2.13 bits per heavy atom. The second-order valence-electron chi connectivity index (χ2n) is 5.30. The molecule has 0 aliphatic carbocycles. The summed E-state index contributed by atoms with van der Waals surface area (Å²) >= 11 is 0. The second kappa shape index (κ2) is 5.71. The number of urea groups is 1. The molecule has 0 bridgehead atoms. The molecular weight excluding hydrogens is 296 g/mol. The predicted octanol–water partition coefficient (Wildman–Crippen LogP) is 2.78. The standard InChI is InChI=1S/C15H18N6O2/c1-5-12-13(9(3)23-20-12)18-15(22)17-10-6-11-8(2)19-21(4)14(11)16-7-10/h6-7H,5H2,1-4H3,(H2,17,18,22). The molecule has 3 aromatic rings. The summed E-state index contributed by atoms with van der Waals surface area (Å²) in [5, 5.41) is 14.7. The van der Waals surface area contributed by atoms with Gasteiger partial charge in [0.25, 0.3) is 0 Å². The predicted molar refractivity (Wildman–Crippen MR) is 86.5 cm³/mol. The number of anilines is 2. The molecule has 2 N–H and O–H groups in total. The highest BCUT2D eigenvalue weighted by molar-refractivity contribution is 6.01. The molecule has 23 heavy (non-hydrogen) atoms. The van der Waals surface area contributed by atoms with E-state index in [9.17, 15) is 4.79 Å². The van der Waals surface area contributed by atoms with Gasteiger partial charge in [0.15, 0.2) is 11.4 Å². The zero-order valence-corrected chi connectivity index (χ0v) is 13.5. The third kappa shape index (κ3) is 2.75. The Morgan fingerprint density at radius 1 is 1.35 bits per heavy atom. The topological polar surface area (TPSA) is 97.9 Å². The van der Waals surface area contributed by atoms with Crippen molar-refractivity contribution in [1.82, 2.24) is 19.9 Å². The van der Waals surface area contributed by atoms with Crippen molar-refractivity contribution in [3.8, 4) is 0 Å². The van der Waals surface area contributed by atoms with E-state index in [1.54, 1.807) is 17.8 Å². The maximum Gasteiger partial charge on any atom is 0.323 e. The van der Waals surface area contributed by atoms with Crippen LogP contribution in [0.15, 0.2) is 16.8 Å². The maximum absolute atomic E-state index is 12.2. The van der Waals surface area contributed by atoms with Crippen LogP contribution >= 0.6 is 0 Å². The first kappa shape index (κ1) is 15.0. The van der Waals surface area contributed by atoms with Crippen molar-refractivity contribution in [1.29, 1.82) is 0 Å². The Labute approximate surface area is 132 Å². The molecule has 0 unspecified atom stereocenters. The lowest BCUT2D eigenvalue weighted by Gasteiger charge is -2.07. The van der Waals surface area contributed by atoms with E-state index >= 15 is 0 Å². The Kier molecular flexibility index (Phi) is 3.73. The molecule has 0 spiro atoms. The molecule has 8 nitrogen and oxygen atoms in total. The van der Waals surface area contributed by atoms with Gasteiger partial charge in [-0.15, -0.1) is 0 Å². The second-order valence-corrected chi connectivity index (χ2v) is 5.30. The Morgan fingerprint density at radius 3 is 2.87 bits per heavy atom. The Hall–Kier alpha value is -2.90. The number of hydrogen-bond donors (Lipinski definition) is 2. The number of fused-ring (bicyclic) bond motifs is 1. The molecule has 3 aromatic heterocycles. The highest BCUT2D eigenvalue weighted by atomic mass is 16.5. The molecule has 120 valence electrons. The van der Waals surface area contributed by atoms with E-state index in [0.29, 0.717) is 29.2 Å². The number of carbonyl (C=O) groups excluding carboxylic acids is 1. The van der Waals surface area contributed by atoms with Crippen molar-refractivity contribution in [2.24, 2.45) is 7.05 Å². The summed E-state index contributed by atoms with van der Waals surface area (Å²) in [7, 11) is 1.84. The molecule has 0 aliphatic heterocycles. The monoisotopic (exact) mass is 314 g/mol. The summed E-state index contributed by atoms with van der Waals surface area (Å²) in [5.74, 6) is 0.577. The minimum atomic E-state index is -0.367. The van der Waals surface area contributed by atoms with E-state index < -0.39 is 0 Å². The zero-order valence-electron chi connectivity index (χ0n) is 13.5. The van der Waals surface area contributed by atoms with E-state index in [1.807, 2.05) is 27.0 Å². The van der Waals surface area contributed by atoms with Gasteiger partial charge < -0.3 is 15.2 Å². The summed E-state index contributed by atoms with van der Waals surface area (Å²) in [4.78, 5) is 16.5. The summed E-state index contributed by atoms with van der Waals surface area (Å²) < 4.78 is 6.81. The number of nitrogens with zero attached hydrogens (tertiary/aromatic N) is 4. The quantitative estimate of drug-likeness (QED) is 0.774. The molecule has 3 heterocycles. The molecule has 0 saturated heterocycles. The lowest BCUT2D eigenvalue weighted by molar-refractivity contribution is 0.262. The van der Waals surface area contributed by atoms with Crippen LogP contribution in [0, 0.1) is 13.8 Å². The fraction of sp³-hybridized carbons (Fsp3) is 0.333.